The van der Waals surface area contributed by atoms with Crippen LogP contribution in [0.3, 0.4) is 0 Å². The molecule has 0 bridgehead atoms. The van der Waals surface area contributed by atoms with Gasteiger partial charge in [0, 0.05) is 6.04 Å². The van der Waals surface area contributed by atoms with Crippen molar-refractivity contribution in [2.45, 2.75) is 31.7 Å². The first-order chi connectivity index (χ1) is 9.51. The number of hydrogen-bond acceptors (Lipinski definition) is 2. The molecule has 2 nitrogen and oxygen atoms in total. The average molecular weight is 319 g/mol. The Kier molecular flexibility index (Phi) is 5.43. The maximum atomic E-state index is 12.7. The van der Waals surface area contributed by atoms with E-state index in [4.69, 9.17) is 0 Å². The predicted octanol–water partition coefficient (Wildman–Crippen LogP) is 4.14. The van der Waals surface area contributed by atoms with Gasteiger partial charge in [0.1, 0.15) is 5.75 Å². The molecule has 1 atom stereocenters. The molecule has 0 fully saturated rings. The zero-order valence-electron chi connectivity index (χ0n) is 10.7. The molecule has 120 valence electrons. The quantitative estimate of drug-likeness (QED) is 0.796. The molecule has 9 heteroatoms. The molecule has 0 radical (unpaired) electrons. The number of benzene rings is 1. The predicted molar refractivity (Wildman–Crippen MR) is 60.5 cm³/mol. The van der Waals surface area contributed by atoms with Crippen LogP contribution in [0, 0.1) is 0 Å². The Hall–Kier alpha value is -1.51. The number of ether oxygens (including phenoxy) is 1. The highest BCUT2D eigenvalue weighted by Gasteiger charge is 2.40. The molecular formula is C12H12F7NO. The van der Waals surface area contributed by atoms with E-state index in [1.54, 1.807) is 0 Å². The minimum atomic E-state index is -4.83. The van der Waals surface area contributed by atoms with Crippen LogP contribution in [0.15, 0.2) is 24.3 Å². The summed E-state index contributed by atoms with van der Waals surface area (Å²) in [6, 6.07) is 3.71. The number of nitrogens with one attached hydrogen (secondary N) is 1. The minimum Gasteiger partial charge on any atom is -0.406 e. The van der Waals surface area contributed by atoms with E-state index in [0.29, 0.717) is 5.56 Å². The third-order valence-corrected chi connectivity index (χ3v) is 2.58. The van der Waals surface area contributed by atoms with E-state index in [1.165, 1.54) is 19.1 Å². The van der Waals surface area contributed by atoms with Crippen LogP contribution in [0.2, 0.25) is 0 Å². The lowest BCUT2D eigenvalue weighted by Gasteiger charge is -2.20. The Balaban J connectivity index is 2.61. The molecule has 1 aromatic rings. The van der Waals surface area contributed by atoms with Crippen molar-refractivity contribution < 1.29 is 35.5 Å². The van der Waals surface area contributed by atoms with E-state index in [0.717, 1.165) is 12.1 Å². The van der Waals surface area contributed by atoms with Gasteiger partial charge in [0.2, 0.25) is 0 Å². The first-order valence-electron chi connectivity index (χ1n) is 5.76. The van der Waals surface area contributed by atoms with Crippen molar-refractivity contribution in [3.05, 3.63) is 29.8 Å². The van der Waals surface area contributed by atoms with Crippen molar-refractivity contribution in [2.75, 3.05) is 6.54 Å². The lowest BCUT2D eigenvalue weighted by Crippen LogP contribution is -2.39. The molecule has 0 aliphatic carbocycles. The van der Waals surface area contributed by atoms with E-state index in [-0.39, 0.29) is 0 Å². The molecule has 0 aliphatic heterocycles. The summed E-state index contributed by atoms with van der Waals surface area (Å²) in [7, 11) is 0. The molecule has 1 N–H and O–H groups in total. The smallest absolute Gasteiger partial charge is 0.406 e. The second-order valence-corrected chi connectivity index (χ2v) is 4.28. The van der Waals surface area contributed by atoms with Gasteiger partial charge in [-0.2, -0.15) is 8.78 Å². The van der Waals surface area contributed by atoms with Crippen LogP contribution < -0.4 is 10.1 Å². The SMILES string of the molecule is CC(NCC(F)(F)C(F)F)c1ccc(OC(F)(F)F)cc1. The molecule has 1 rings (SSSR count). The van der Waals surface area contributed by atoms with Gasteiger partial charge >= 0.3 is 18.7 Å². The summed E-state index contributed by atoms with van der Waals surface area (Å²) in [6.45, 7) is 0.174. The molecule has 1 aromatic carbocycles. The molecule has 0 spiro atoms. The molecule has 0 saturated carbocycles. The number of rotatable bonds is 6. The Morgan fingerprint density at radius 3 is 2.00 bits per heavy atom. The number of hydrogen-bond donors (Lipinski definition) is 1. The third-order valence-electron chi connectivity index (χ3n) is 2.58. The standard InChI is InChI=1S/C12H12F7NO/c1-7(20-6-11(15,16)10(13)14)8-2-4-9(5-3-8)21-12(17,18)19/h2-5,7,10,20H,6H2,1H3. The number of halogens is 7. The van der Waals surface area contributed by atoms with Gasteiger partial charge < -0.3 is 10.1 Å². The topological polar surface area (TPSA) is 21.3 Å². The van der Waals surface area contributed by atoms with Crippen molar-refractivity contribution in [1.82, 2.24) is 5.32 Å². The fourth-order valence-electron chi connectivity index (χ4n) is 1.44. The summed E-state index contributed by atoms with van der Waals surface area (Å²) in [6.07, 6.45) is -8.62. The fourth-order valence-corrected chi connectivity index (χ4v) is 1.44. The van der Waals surface area contributed by atoms with Crippen molar-refractivity contribution in [3.8, 4) is 5.75 Å². The Labute approximate surface area is 115 Å². The maximum absolute atomic E-state index is 12.7. The van der Waals surface area contributed by atoms with Crippen LogP contribution in [0.4, 0.5) is 30.7 Å². The molecule has 0 saturated heterocycles. The Morgan fingerprint density at radius 1 is 1.05 bits per heavy atom. The van der Waals surface area contributed by atoms with Gasteiger partial charge in [0.25, 0.3) is 0 Å². The second kappa shape index (κ2) is 6.50. The fraction of sp³-hybridized carbons (Fsp3) is 0.500. The van der Waals surface area contributed by atoms with Crippen LogP contribution in [0.25, 0.3) is 0 Å². The molecule has 21 heavy (non-hydrogen) atoms. The van der Waals surface area contributed by atoms with Gasteiger partial charge in [0.05, 0.1) is 6.54 Å². The zero-order chi connectivity index (χ0) is 16.3. The van der Waals surface area contributed by atoms with E-state index < -0.39 is 37.0 Å². The summed E-state index contributed by atoms with van der Waals surface area (Å²) in [4.78, 5) is 0. The summed E-state index contributed by atoms with van der Waals surface area (Å²) in [5, 5.41) is 2.20. The molecule has 0 amide bonds. The Bertz CT molecular complexity index is 444. The maximum Gasteiger partial charge on any atom is 0.573 e. The normalized spacial score (nSPS) is 14.3. The second-order valence-electron chi connectivity index (χ2n) is 4.28. The largest absolute Gasteiger partial charge is 0.573 e. The van der Waals surface area contributed by atoms with Gasteiger partial charge in [-0.3, -0.25) is 0 Å². The lowest BCUT2D eigenvalue weighted by atomic mass is 10.1. The zero-order valence-corrected chi connectivity index (χ0v) is 10.7. The summed E-state index contributed by atoms with van der Waals surface area (Å²) in [5.74, 6) is -4.63. The van der Waals surface area contributed by atoms with Crippen molar-refractivity contribution in [2.24, 2.45) is 0 Å². The van der Waals surface area contributed by atoms with Crippen LogP contribution in [-0.4, -0.2) is 25.3 Å². The molecule has 0 aliphatic rings. The van der Waals surface area contributed by atoms with Gasteiger partial charge in [-0.25, -0.2) is 8.78 Å². The highest BCUT2D eigenvalue weighted by Crippen LogP contribution is 2.26. The molecule has 0 aromatic heterocycles. The minimum absolute atomic E-state index is 0.356. The molecule has 1 unspecified atom stereocenters. The number of alkyl halides is 7. The van der Waals surface area contributed by atoms with Gasteiger partial charge in [-0.05, 0) is 24.6 Å². The first-order valence-corrected chi connectivity index (χ1v) is 5.76. The Morgan fingerprint density at radius 2 is 1.57 bits per heavy atom. The van der Waals surface area contributed by atoms with Crippen molar-refractivity contribution in [1.29, 1.82) is 0 Å². The van der Waals surface area contributed by atoms with Gasteiger partial charge in [-0.15, -0.1) is 13.2 Å². The highest BCUT2D eigenvalue weighted by molar-refractivity contribution is 5.29. The van der Waals surface area contributed by atoms with Crippen molar-refractivity contribution in [3.63, 3.8) is 0 Å². The van der Waals surface area contributed by atoms with Gasteiger partial charge in [0.15, 0.2) is 0 Å². The average Bonchev–Trinajstić information content (AvgIpc) is 2.35. The van der Waals surface area contributed by atoms with Crippen molar-refractivity contribution >= 4 is 0 Å². The highest BCUT2D eigenvalue weighted by atomic mass is 19.4. The van der Waals surface area contributed by atoms with E-state index >= 15 is 0 Å². The summed E-state index contributed by atoms with van der Waals surface area (Å²) >= 11 is 0. The van der Waals surface area contributed by atoms with Crippen LogP contribution in [0.1, 0.15) is 18.5 Å². The first kappa shape index (κ1) is 17.5. The monoisotopic (exact) mass is 319 g/mol. The van der Waals surface area contributed by atoms with E-state index in [9.17, 15) is 30.7 Å². The third kappa shape index (κ3) is 5.78. The van der Waals surface area contributed by atoms with E-state index in [1.807, 2.05) is 0 Å². The van der Waals surface area contributed by atoms with Crippen LogP contribution >= 0.6 is 0 Å². The van der Waals surface area contributed by atoms with Crippen LogP contribution in [-0.2, 0) is 0 Å². The molecule has 0 heterocycles. The van der Waals surface area contributed by atoms with Gasteiger partial charge in [-0.1, -0.05) is 12.1 Å². The van der Waals surface area contributed by atoms with E-state index in [2.05, 4.69) is 10.1 Å². The molecular weight excluding hydrogens is 307 g/mol. The summed E-state index contributed by atoms with van der Waals surface area (Å²) < 4.78 is 88.8. The lowest BCUT2D eigenvalue weighted by molar-refractivity contribution is -0.274. The van der Waals surface area contributed by atoms with Crippen LogP contribution in [0.5, 0.6) is 5.75 Å². The summed E-state index contributed by atoms with van der Waals surface area (Å²) in [5.41, 5.74) is 0.356.